The van der Waals surface area contributed by atoms with Crippen molar-refractivity contribution in [1.82, 2.24) is 15.0 Å². The molecule has 2 fully saturated rings. The largest absolute Gasteiger partial charge is 0.490 e. The van der Waals surface area contributed by atoms with Gasteiger partial charge in [-0.2, -0.15) is 20.1 Å². The highest BCUT2D eigenvalue weighted by Crippen LogP contribution is 2.34. The van der Waals surface area contributed by atoms with Gasteiger partial charge in [-0.15, -0.1) is 0 Å². The Balaban J connectivity index is 1.18. The van der Waals surface area contributed by atoms with Crippen LogP contribution in [-0.4, -0.2) is 60.6 Å². The molecule has 9 nitrogen and oxygen atoms in total. The van der Waals surface area contributed by atoms with Crippen LogP contribution in [0.15, 0.2) is 41.5 Å². The minimum absolute atomic E-state index is 0.0998. The second kappa shape index (κ2) is 13.1. The van der Waals surface area contributed by atoms with Crippen molar-refractivity contribution in [2.24, 2.45) is 5.10 Å². The van der Waals surface area contributed by atoms with Gasteiger partial charge in [0.2, 0.25) is 17.8 Å². The Bertz CT molecular complexity index is 1290. The van der Waals surface area contributed by atoms with E-state index in [-0.39, 0.29) is 5.41 Å². The molecule has 0 amide bonds. The molecule has 0 unspecified atom stereocenters. The van der Waals surface area contributed by atoms with Crippen molar-refractivity contribution < 1.29 is 9.47 Å². The third-order valence-electron chi connectivity index (χ3n) is 7.11. The first kappa shape index (κ1) is 29.2. The van der Waals surface area contributed by atoms with Crippen molar-refractivity contribution in [2.75, 3.05) is 54.6 Å². The van der Waals surface area contributed by atoms with Gasteiger partial charge in [0.1, 0.15) is 19.0 Å². The predicted molar refractivity (Wildman–Crippen MR) is 167 cm³/mol. The number of hydrogen-bond donors (Lipinski definition) is 1. The molecule has 0 spiro atoms. The Kier molecular flexibility index (Phi) is 9.35. The zero-order chi connectivity index (χ0) is 28.8. The molecule has 3 heterocycles. The molecule has 2 aliphatic heterocycles. The molecule has 3 aromatic rings. The lowest BCUT2D eigenvalue weighted by molar-refractivity contribution is 0.217. The number of hydrogen-bond acceptors (Lipinski definition) is 9. The van der Waals surface area contributed by atoms with E-state index in [1.54, 1.807) is 18.3 Å². The molecule has 0 aliphatic carbocycles. The van der Waals surface area contributed by atoms with E-state index in [0.29, 0.717) is 52.4 Å². The molecule has 218 valence electrons. The summed E-state index contributed by atoms with van der Waals surface area (Å²) in [5.41, 5.74) is 5.03. The van der Waals surface area contributed by atoms with Gasteiger partial charge in [0.15, 0.2) is 5.75 Å². The number of rotatable bonds is 10. The van der Waals surface area contributed by atoms with Crippen molar-refractivity contribution in [3.05, 3.63) is 57.6 Å². The Morgan fingerprint density at radius 1 is 0.829 bits per heavy atom. The number of nitrogens with one attached hydrogen (secondary N) is 1. The summed E-state index contributed by atoms with van der Waals surface area (Å²) in [6, 6.07) is 11.6. The lowest BCUT2D eigenvalue weighted by Gasteiger charge is -2.20. The standard InChI is InChI=1S/C30H37Cl2N7O2/c1-30(2,3)22-8-10-23(11-9-22)40-16-17-41-26-24(31)18-21(19-25(26)32)20-33-37-27-34-28(38-12-4-5-13-38)36-29(35-27)39-14-6-7-15-39/h8-11,18-20H,4-7,12-17H2,1-3H3,(H,34,35,36,37)/b33-20+. The van der Waals surface area contributed by atoms with E-state index in [0.717, 1.165) is 57.6 Å². The maximum absolute atomic E-state index is 6.50. The van der Waals surface area contributed by atoms with E-state index in [2.05, 4.69) is 63.2 Å². The summed E-state index contributed by atoms with van der Waals surface area (Å²) in [4.78, 5) is 18.4. The zero-order valence-electron chi connectivity index (χ0n) is 23.9. The fraction of sp³-hybridized carbons (Fsp3) is 0.467. The van der Waals surface area contributed by atoms with E-state index in [1.807, 2.05) is 12.1 Å². The number of nitrogens with zero attached hydrogens (tertiary/aromatic N) is 6. The van der Waals surface area contributed by atoms with Crippen molar-refractivity contribution in [3.63, 3.8) is 0 Å². The second-order valence-corrected chi connectivity index (χ2v) is 12.1. The summed E-state index contributed by atoms with van der Waals surface area (Å²) < 4.78 is 11.6. The van der Waals surface area contributed by atoms with Crippen LogP contribution < -0.4 is 24.7 Å². The minimum Gasteiger partial charge on any atom is -0.490 e. The zero-order valence-corrected chi connectivity index (χ0v) is 25.4. The first-order chi connectivity index (χ1) is 19.8. The quantitative estimate of drug-likeness (QED) is 0.159. The summed E-state index contributed by atoms with van der Waals surface area (Å²) >= 11 is 13.0. The Morgan fingerprint density at radius 2 is 1.37 bits per heavy atom. The van der Waals surface area contributed by atoms with Gasteiger partial charge in [-0.05, 0) is 66.5 Å². The molecule has 0 saturated carbocycles. The molecule has 41 heavy (non-hydrogen) atoms. The number of aromatic nitrogens is 3. The summed E-state index contributed by atoms with van der Waals surface area (Å²) in [5.74, 6) is 2.99. The number of hydrazone groups is 1. The Morgan fingerprint density at radius 3 is 1.90 bits per heavy atom. The Hall–Kier alpha value is -3.30. The first-order valence-corrected chi connectivity index (χ1v) is 14.9. The van der Waals surface area contributed by atoms with Gasteiger partial charge in [0.05, 0.1) is 16.3 Å². The Labute approximate surface area is 251 Å². The highest BCUT2D eigenvalue weighted by Gasteiger charge is 2.21. The third-order valence-corrected chi connectivity index (χ3v) is 7.67. The van der Waals surface area contributed by atoms with Crippen molar-refractivity contribution in [3.8, 4) is 11.5 Å². The maximum atomic E-state index is 6.50. The second-order valence-electron chi connectivity index (χ2n) is 11.3. The highest BCUT2D eigenvalue weighted by atomic mass is 35.5. The maximum Gasteiger partial charge on any atom is 0.250 e. The van der Waals surface area contributed by atoms with E-state index in [9.17, 15) is 0 Å². The molecule has 2 aliphatic rings. The monoisotopic (exact) mass is 597 g/mol. The van der Waals surface area contributed by atoms with Gasteiger partial charge < -0.3 is 19.3 Å². The molecule has 0 bridgehead atoms. The number of benzene rings is 2. The first-order valence-electron chi connectivity index (χ1n) is 14.2. The molecular weight excluding hydrogens is 561 g/mol. The smallest absolute Gasteiger partial charge is 0.250 e. The summed E-state index contributed by atoms with van der Waals surface area (Å²) in [5, 5.41) is 5.13. The number of halogens is 2. The third kappa shape index (κ3) is 7.71. The van der Waals surface area contributed by atoms with Crippen molar-refractivity contribution in [2.45, 2.75) is 51.9 Å². The lowest BCUT2D eigenvalue weighted by Crippen LogP contribution is -2.25. The molecule has 11 heteroatoms. The average molecular weight is 599 g/mol. The lowest BCUT2D eigenvalue weighted by atomic mass is 9.87. The van der Waals surface area contributed by atoms with Crippen LogP contribution in [0.4, 0.5) is 17.8 Å². The van der Waals surface area contributed by atoms with Crippen molar-refractivity contribution >= 4 is 47.3 Å². The normalized spacial score (nSPS) is 15.6. The fourth-order valence-corrected chi connectivity index (χ4v) is 5.44. The van der Waals surface area contributed by atoms with Crippen LogP contribution in [0.3, 0.4) is 0 Å². The van der Waals surface area contributed by atoms with Crippen LogP contribution in [0, 0.1) is 0 Å². The van der Waals surface area contributed by atoms with Gasteiger partial charge in [-0.25, -0.2) is 5.43 Å². The van der Waals surface area contributed by atoms with Gasteiger partial charge in [-0.3, -0.25) is 0 Å². The molecule has 5 rings (SSSR count). The molecule has 2 saturated heterocycles. The number of anilines is 3. The average Bonchev–Trinajstić information content (AvgIpc) is 3.67. The van der Waals surface area contributed by atoms with Crippen molar-refractivity contribution in [1.29, 1.82) is 0 Å². The minimum atomic E-state index is 0.0998. The topological polar surface area (TPSA) is 88.0 Å². The van der Waals surface area contributed by atoms with Crippen LogP contribution in [0.25, 0.3) is 0 Å². The molecule has 2 aromatic carbocycles. The molecule has 1 aromatic heterocycles. The van der Waals surface area contributed by atoms with Crippen LogP contribution in [0.1, 0.15) is 57.6 Å². The molecular formula is C30H37Cl2N7O2. The van der Waals surface area contributed by atoms with E-state index in [1.165, 1.54) is 5.56 Å². The van der Waals surface area contributed by atoms with Gasteiger partial charge in [0, 0.05) is 26.2 Å². The SMILES string of the molecule is CC(C)(C)c1ccc(OCCOc2c(Cl)cc(/C=N/Nc3nc(N4CCCC4)nc(N4CCCC4)n3)cc2Cl)cc1. The van der Waals surface area contributed by atoms with Crippen LogP contribution >= 0.6 is 23.2 Å². The summed E-state index contributed by atoms with van der Waals surface area (Å²) in [6.45, 7) is 11.0. The molecule has 0 atom stereocenters. The highest BCUT2D eigenvalue weighted by molar-refractivity contribution is 6.37. The van der Waals surface area contributed by atoms with Gasteiger partial charge >= 0.3 is 0 Å². The molecule has 1 N–H and O–H groups in total. The van der Waals surface area contributed by atoms with E-state index >= 15 is 0 Å². The molecule has 0 radical (unpaired) electrons. The predicted octanol–water partition coefficient (Wildman–Crippen LogP) is 6.58. The summed E-state index contributed by atoms with van der Waals surface area (Å²) in [7, 11) is 0. The van der Waals surface area contributed by atoms with Crippen LogP contribution in [0.5, 0.6) is 11.5 Å². The van der Waals surface area contributed by atoms with E-state index in [4.69, 9.17) is 37.7 Å². The summed E-state index contributed by atoms with van der Waals surface area (Å²) in [6.07, 6.45) is 6.20. The van der Waals surface area contributed by atoms with Crippen LogP contribution in [-0.2, 0) is 5.41 Å². The van der Waals surface area contributed by atoms with Crippen LogP contribution in [0.2, 0.25) is 10.0 Å². The number of ether oxygens (including phenoxy) is 2. The fourth-order valence-electron chi connectivity index (χ4n) is 4.83. The van der Waals surface area contributed by atoms with Gasteiger partial charge in [-0.1, -0.05) is 56.1 Å². The van der Waals surface area contributed by atoms with Gasteiger partial charge in [0.25, 0.3) is 0 Å². The van der Waals surface area contributed by atoms with E-state index < -0.39 is 0 Å².